The molecule has 0 aromatic heterocycles. The van der Waals surface area contributed by atoms with Gasteiger partial charge in [-0.05, 0) is 24.3 Å². The summed E-state index contributed by atoms with van der Waals surface area (Å²) in [6.07, 6.45) is -0.809. The Labute approximate surface area is 183 Å². The van der Waals surface area contributed by atoms with Crippen LogP contribution in [0.5, 0.6) is 0 Å². The van der Waals surface area contributed by atoms with Crippen molar-refractivity contribution in [1.29, 1.82) is 0 Å². The third kappa shape index (κ3) is 3.97. The van der Waals surface area contributed by atoms with Crippen molar-refractivity contribution in [2.75, 3.05) is 6.61 Å². The lowest BCUT2D eigenvalue weighted by molar-refractivity contribution is -0.138. The smallest absolute Gasteiger partial charge is 0.339 e. The molecule has 3 aromatic rings. The summed E-state index contributed by atoms with van der Waals surface area (Å²) in [5.74, 6) is -1.05. The van der Waals surface area contributed by atoms with E-state index >= 15 is 0 Å². The number of cyclic esters (lactones) is 1. The van der Waals surface area contributed by atoms with Crippen molar-refractivity contribution in [3.05, 3.63) is 106 Å². The molecule has 0 N–H and O–H groups in total. The van der Waals surface area contributed by atoms with Crippen LogP contribution in [-0.2, 0) is 14.3 Å². The standard InChI is InChI=1S/C24H16Cl2O4/c25-18-12-6-4-10-16(18)21-20(14-29-23(27)15-8-2-1-3-9-15)30-24(28)22(21)17-11-5-7-13-19(17)26/h1-13,20H,14H2. The highest BCUT2D eigenvalue weighted by Crippen LogP contribution is 2.41. The fraction of sp³-hybridized carbons (Fsp3) is 0.0833. The molecule has 4 rings (SSSR count). The van der Waals surface area contributed by atoms with Crippen molar-refractivity contribution in [1.82, 2.24) is 0 Å². The van der Waals surface area contributed by atoms with Crippen LogP contribution in [0, 0.1) is 0 Å². The Bertz CT molecular complexity index is 1140. The maximum atomic E-state index is 12.8. The number of esters is 2. The van der Waals surface area contributed by atoms with Gasteiger partial charge in [0.15, 0.2) is 6.10 Å². The van der Waals surface area contributed by atoms with Gasteiger partial charge in [-0.3, -0.25) is 0 Å². The van der Waals surface area contributed by atoms with Gasteiger partial charge in [0, 0.05) is 26.7 Å². The summed E-state index contributed by atoms with van der Waals surface area (Å²) in [6.45, 7) is -0.145. The second-order valence-electron chi connectivity index (χ2n) is 6.61. The highest BCUT2D eigenvalue weighted by Gasteiger charge is 2.38. The van der Waals surface area contributed by atoms with Gasteiger partial charge in [-0.15, -0.1) is 0 Å². The molecule has 1 unspecified atom stereocenters. The Kier molecular flexibility index (Phi) is 5.88. The van der Waals surface area contributed by atoms with E-state index in [4.69, 9.17) is 32.7 Å². The third-order valence-corrected chi connectivity index (χ3v) is 5.39. The number of carbonyl (C=O) groups excluding carboxylic acids is 2. The molecular weight excluding hydrogens is 423 g/mol. The second-order valence-corrected chi connectivity index (χ2v) is 7.42. The molecule has 0 fully saturated rings. The second kappa shape index (κ2) is 8.74. The average Bonchev–Trinajstić information content (AvgIpc) is 3.09. The molecule has 30 heavy (non-hydrogen) atoms. The first kappa shape index (κ1) is 20.2. The Hall–Kier alpha value is -3.08. The lowest BCUT2D eigenvalue weighted by atomic mass is 9.93. The summed E-state index contributed by atoms with van der Waals surface area (Å²) in [5.41, 5.74) is 2.43. The number of halogens is 2. The minimum absolute atomic E-state index is 0.145. The largest absolute Gasteiger partial charge is 0.458 e. The maximum Gasteiger partial charge on any atom is 0.339 e. The topological polar surface area (TPSA) is 52.6 Å². The Balaban J connectivity index is 1.74. The molecule has 0 aliphatic carbocycles. The van der Waals surface area contributed by atoms with E-state index in [1.54, 1.807) is 66.7 Å². The van der Waals surface area contributed by atoms with Crippen LogP contribution in [0.3, 0.4) is 0 Å². The van der Waals surface area contributed by atoms with Crippen molar-refractivity contribution < 1.29 is 19.1 Å². The van der Waals surface area contributed by atoms with Crippen LogP contribution in [0.2, 0.25) is 10.0 Å². The van der Waals surface area contributed by atoms with E-state index in [1.165, 1.54) is 0 Å². The van der Waals surface area contributed by atoms with Gasteiger partial charge in [-0.25, -0.2) is 9.59 Å². The predicted octanol–water partition coefficient (Wildman–Crippen LogP) is 5.69. The highest BCUT2D eigenvalue weighted by molar-refractivity contribution is 6.38. The summed E-state index contributed by atoms with van der Waals surface area (Å²) in [7, 11) is 0. The minimum Gasteiger partial charge on any atom is -0.458 e. The van der Waals surface area contributed by atoms with E-state index in [0.717, 1.165) is 0 Å². The van der Waals surface area contributed by atoms with Crippen LogP contribution in [0.4, 0.5) is 0 Å². The molecule has 3 aromatic carbocycles. The van der Waals surface area contributed by atoms with Gasteiger partial charge in [0.2, 0.25) is 0 Å². The lowest BCUT2D eigenvalue weighted by Crippen LogP contribution is -2.21. The quantitative estimate of drug-likeness (QED) is 0.480. The van der Waals surface area contributed by atoms with E-state index in [9.17, 15) is 9.59 Å². The molecule has 0 spiro atoms. The van der Waals surface area contributed by atoms with Crippen molar-refractivity contribution in [2.24, 2.45) is 0 Å². The minimum atomic E-state index is -0.809. The number of carbonyl (C=O) groups is 2. The molecule has 1 heterocycles. The van der Waals surface area contributed by atoms with E-state index in [2.05, 4.69) is 0 Å². The fourth-order valence-corrected chi connectivity index (χ4v) is 3.82. The lowest BCUT2D eigenvalue weighted by Gasteiger charge is -2.16. The van der Waals surface area contributed by atoms with Crippen LogP contribution in [0.25, 0.3) is 11.1 Å². The first-order valence-corrected chi connectivity index (χ1v) is 9.99. The van der Waals surface area contributed by atoms with E-state index in [1.807, 2.05) is 12.1 Å². The highest BCUT2D eigenvalue weighted by atomic mass is 35.5. The first-order chi connectivity index (χ1) is 14.6. The van der Waals surface area contributed by atoms with E-state index in [0.29, 0.717) is 37.9 Å². The Morgan fingerprint density at radius 3 is 2.03 bits per heavy atom. The molecule has 0 bridgehead atoms. The molecule has 150 valence electrons. The molecule has 0 saturated heterocycles. The van der Waals surface area contributed by atoms with Gasteiger partial charge in [-0.1, -0.05) is 77.8 Å². The molecule has 6 heteroatoms. The zero-order chi connectivity index (χ0) is 21.1. The number of rotatable bonds is 5. The van der Waals surface area contributed by atoms with E-state index in [-0.39, 0.29) is 6.61 Å². The van der Waals surface area contributed by atoms with Gasteiger partial charge in [0.25, 0.3) is 0 Å². The molecule has 0 radical (unpaired) electrons. The molecule has 1 atom stereocenters. The average molecular weight is 439 g/mol. The number of hydrogen-bond donors (Lipinski definition) is 0. The molecular formula is C24H16Cl2O4. The predicted molar refractivity (Wildman–Crippen MR) is 116 cm³/mol. The van der Waals surface area contributed by atoms with Gasteiger partial charge >= 0.3 is 11.9 Å². The Morgan fingerprint density at radius 2 is 1.40 bits per heavy atom. The molecule has 1 aliphatic rings. The van der Waals surface area contributed by atoms with Gasteiger partial charge in [0.1, 0.15) is 6.61 Å². The van der Waals surface area contributed by atoms with Crippen LogP contribution >= 0.6 is 23.2 Å². The molecule has 0 saturated carbocycles. The maximum absolute atomic E-state index is 12.8. The van der Waals surface area contributed by atoms with Crippen LogP contribution < -0.4 is 0 Å². The molecule has 4 nitrogen and oxygen atoms in total. The van der Waals surface area contributed by atoms with Crippen molar-refractivity contribution in [3.63, 3.8) is 0 Å². The zero-order valence-electron chi connectivity index (χ0n) is 15.7. The summed E-state index contributed by atoms with van der Waals surface area (Å²) >= 11 is 12.8. The normalized spacial score (nSPS) is 15.8. The number of ether oxygens (including phenoxy) is 2. The van der Waals surface area contributed by atoms with Crippen molar-refractivity contribution in [2.45, 2.75) is 6.10 Å². The summed E-state index contributed by atoms with van der Waals surface area (Å²) in [6, 6.07) is 22.8. The fourth-order valence-electron chi connectivity index (χ4n) is 3.35. The van der Waals surface area contributed by atoms with Crippen molar-refractivity contribution in [3.8, 4) is 0 Å². The van der Waals surface area contributed by atoms with Gasteiger partial charge in [-0.2, -0.15) is 0 Å². The summed E-state index contributed by atoms with van der Waals surface area (Å²) in [4.78, 5) is 25.2. The molecule has 1 aliphatic heterocycles. The Morgan fingerprint density at radius 1 is 0.833 bits per heavy atom. The van der Waals surface area contributed by atoms with Crippen LogP contribution in [0.1, 0.15) is 21.5 Å². The SMILES string of the molecule is O=C1OC(COC(=O)c2ccccc2)C(c2ccccc2Cl)=C1c1ccccc1Cl. The van der Waals surface area contributed by atoms with Gasteiger partial charge in [0.05, 0.1) is 11.1 Å². The zero-order valence-corrected chi connectivity index (χ0v) is 17.2. The molecule has 0 amide bonds. The van der Waals surface area contributed by atoms with E-state index < -0.39 is 18.0 Å². The monoisotopic (exact) mass is 438 g/mol. The van der Waals surface area contributed by atoms with Gasteiger partial charge < -0.3 is 9.47 Å². The third-order valence-electron chi connectivity index (χ3n) is 4.73. The summed E-state index contributed by atoms with van der Waals surface area (Å²) < 4.78 is 11.0. The number of hydrogen-bond acceptors (Lipinski definition) is 4. The van der Waals surface area contributed by atoms with Crippen LogP contribution in [0.15, 0.2) is 78.9 Å². The first-order valence-electron chi connectivity index (χ1n) is 9.23. The van der Waals surface area contributed by atoms with Crippen molar-refractivity contribution >= 4 is 46.3 Å². The number of benzene rings is 3. The summed E-state index contributed by atoms with van der Waals surface area (Å²) in [5, 5.41) is 0.866. The van der Waals surface area contributed by atoms with Crippen LogP contribution in [-0.4, -0.2) is 24.6 Å².